The van der Waals surface area contributed by atoms with E-state index in [2.05, 4.69) is 30.3 Å². The molecule has 2 heteroatoms. The van der Waals surface area contributed by atoms with Crippen LogP contribution >= 0.6 is 0 Å². The Morgan fingerprint density at radius 1 is 0.737 bits per heavy atom. The van der Waals surface area contributed by atoms with Crippen LogP contribution in [0.15, 0.2) is 66.7 Å². The lowest BCUT2D eigenvalue weighted by atomic mass is 10.0. The standard InChI is InChI=1S/C17H12O2/c18-17(19)14-8-5-13(6-9-14)16-10-7-12-3-1-2-4-15(12)11-16/h1-11H,(H,18,19). The van der Waals surface area contributed by atoms with Crippen molar-refractivity contribution in [2.24, 2.45) is 0 Å². The van der Waals surface area contributed by atoms with E-state index in [4.69, 9.17) is 5.11 Å². The number of aromatic carboxylic acids is 1. The van der Waals surface area contributed by atoms with E-state index in [-0.39, 0.29) is 0 Å². The average Bonchev–Trinajstić information content (AvgIpc) is 2.47. The summed E-state index contributed by atoms with van der Waals surface area (Å²) in [6, 6.07) is 21.4. The van der Waals surface area contributed by atoms with Gasteiger partial charge in [0, 0.05) is 0 Å². The van der Waals surface area contributed by atoms with Gasteiger partial charge in [-0.2, -0.15) is 0 Å². The maximum Gasteiger partial charge on any atom is 0.335 e. The Morgan fingerprint density at radius 3 is 2.05 bits per heavy atom. The third-order valence-electron chi connectivity index (χ3n) is 3.21. The Labute approximate surface area is 110 Å². The van der Waals surface area contributed by atoms with Crippen LogP contribution in [0.3, 0.4) is 0 Å². The number of carboxylic acid groups (broad SMARTS) is 1. The minimum absolute atomic E-state index is 0.310. The zero-order valence-electron chi connectivity index (χ0n) is 10.2. The topological polar surface area (TPSA) is 37.3 Å². The van der Waals surface area contributed by atoms with Gasteiger partial charge in [-0.15, -0.1) is 0 Å². The highest BCUT2D eigenvalue weighted by Gasteiger charge is 2.03. The summed E-state index contributed by atoms with van der Waals surface area (Å²) in [6.07, 6.45) is 0. The van der Waals surface area contributed by atoms with E-state index in [0.717, 1.165) is 11.1 Å². The van der Waals surface area contributed by atoms with Crippen molar-refractivity contribution in [2.75, 3.05) is 0 Å². The summed E-state index contributed by atoms with van der Waals surface area (Å²) < 4.78 is 0. The summed E-state index contributed by atoms with van der Waals surface area (Å²) in [5.41, 5.74) is 2.43. The van der Waals surface area contributed by atoms with Crippen LogP contribution in [0.1, 0.15) is 10.4 Å². The molecule has 0 saturated heterocycles. The van der Waals surface area contributed by atoms with E-state index in [1.807, 2.05) is 24.3 Å². The molecule has 0 aromatic heterocycles. The molecule has 3 aromatic rings. The minimum atomic E-state index is -0.898. The highest BCUT2D eigenvalue weighted by atomic mass is 16.4. The van der Waals surface area contributed by atoms with Gasteiger partial charge in [-0.25, -0.2) is 4.79 Å². The molecule has 3 rings (SSSR count). The fourth-order valence-electron chi connectivity index (χ4n) is 2.17. The van der Waals surface area contributed by atoms with Crippen LogP contribution in [-0.2, 0) is 0 Å². The van der Waals surface area contributed by atoms with Crippen LogP contribution in [0.25, 0.3) is 21.9 Å². The van der Waals surface area contributed by atoms with Crippen molar-refractivity contribution < 1.29 is 9.90 Å². The predicted octanol–water partition coefficient (Wildman–Crippen LogP) is 4.21. The molecule has 1 N–H and O–H groups in total. The number of hydrogen-bond donors (Lipinski definition) is 1. The largest absolute Gasteiger partial charge is 0.478 e. The second kappa shape index (κ2) is 4.58. The van der Waals surface area contributed by atoms with Gasteiger partial charge in [-0.3, -0.25) is 0 Å². The van der Waals surface area contributed by atoms with Crippen molar-refractivity contribution in [1.29, 1.82) is 0 Å². The van der Waals surface area contributed by atoms with Gasteiger partial charge in [-0.1, -0.05) is 48.5 Å². The molecule has 2 nitrogen and oxygen atoms in total. The maximum atomic E-state index is 10.8. The summed E-state index contributed by atoms with van der Waals surface area (Å²) in [5.74, 6) is -0.898. The maximum absolute atomic E-state index is 10.8. The van der Waals surface area contributed by atoms with Crippen LogP contribution < -0.4 is 0 Å². The van der Waals surface area contributed by atoms with E-state index in [9.17, 15) is 4.79 Å². The smallest absolute Gasteiger partial charge is 0.335 e. The quantitative estimate of drug-likeness (QED) is 0.737. The van der Waals surface area contributed by atoms with E-state index in [1.165, 1.54) is 10.8 Å². The lowest BCUT2D eigenvalue weighted by Gasteiger charge is -2.04. The highest BCUT2D eigenvalue weighted by Crippen LogP contribution is 2.24. The molecule has 0 amide bonds. The van der Waals surface area contributed by atoms with Gasteiger partial charge in [0.1, 0.15) is 0 Å². The Hall–Kier alpha value is -2.61. The first-order valence-corrected chi connectivity index (χ1v) is 6.06. The molecule has 0 saturated carbocycles. The third kappa shape index (κ3) is 2.20. The zero-order chi connectivity index (χ0) is 13.2. The first-order valence-electron chi connectivity index (χ1n) is 6.06. The Morgan fingerprint density at radius 2 is 1.37 bits per heavy atom. The van der Waals surface area contributed by atoms with Crippen LogP contribution in [0, 0.1) is 0 Å². The monoisotopic (exact) mass is 248 g/mol. The van der Waals surface area contributed by atoms with Gasteiger partial charge in [-0.05, 0) is 40.1 Å². The van der Waals surface area contributed by atoms with Crippen molar-refractivity contribution in [3.05, 3.63) is 72.3 Å². The summed E-state index contributed by atoms with van der Waals surface area (Å²) in [5, 5.41) is 11.3. The number of rotatable bonds is 2. The van der Waals surface area contributed by atoms with Crippen molar-refractivity contribution in [3.63, 3.8) is 0 Å². The van der Waals surface area contributed by atoms with Gasteiger partial charge in [0.05, 0.1) is 5.56 Å². The molecule has 0 radical (unpaired) electrons. The molecule has 0 fully saturated rings. The molecule has 0 unspecified atom stereocenters. The van der Waals surface area contributed by atoms with Crippen molar-refractivity contribution in [1.82, 2.24) is 0 Å². The van der Waals surface area contributed by atoms with E-state index < -0.39 is 5.97 Å². The average molecular weight is 248 g/mol. The number of carboxylic acids is 1. The summed E-state index contributed by atoms with van der Waals surface area (Å²) in [6.45, 7) is 0. The van der Waals surface area contributed by atoms with Crippen molar-refractivity contribution >= 4 is 16.7 Å². The lowest BCUT2D eigenvalue weighted by Crippen LogP contribution is -1.94. The van der Waals surface area contributed by atoms with E-state index in [0.29, 0.717) is 5.56 Å². The van der Waals surface area contributed by atoms with Crippen LogP contribution in [0.4, 0.5) is 0 Å². The summed E-state index contributed by atoms with van der Waals surface area (Å²) in [4.78, 5) is 10.8. The van der Waals surface area contributed by atoms with Crippen molar-refractivity contribution in [2.45, 2.75) is 0 Å². The third-order valence-corrected chi connectivity index (χ3v) is 3.21. The first kappa shape index (κ1) is 11.5. The Balaban J connectivity index is 2.06. The van der Waals surface area contributed by atoms with Gasteiger partial charge < -0.3 is 5.11 Å². The van der Waals surface area contributed by atoms with Gasteiger partial charge >= 0.3 is 5.97 Å². The number of fused-ring (bicyclic) bond motifs is 1. The molecule has 19 heavy (non-hydrogen) atoms. The number of carbonyl (C=O) groups is 1. The zero-order valence-corrected chi connectivity index (χ0v) is 10.2. The second-order valence-electron chi connectivity index (χ2n) is 4.44. The van der Waals surface area contributed by atoms with Gasteiger partial charge in [0.15, 0.2) is 0 Å². The van der Waals surface area contributed by atoms with Gasteiger partial charge in [0.25, 0.3) is 0 Å². The van der Waals surface area contributed by atoms with Gasteiger partial charge in [0.2, 0.25) is 0 Å². The normalized spacial score (nSPS) is 10.5. The fourth-order valence-corrected chi connectivity index (χ4v) is 2.17. The summed E-state index contributed by atoms with van der Waals surface area (Å²) in [7, 11) is 0. The molecular weight excluding hydrogens is 236 g/mol. The van der Waals surface area contributed by atoms with E-state index >= 15 is 0 Å². The van der Waals surface area contributed by atoms with Crippen molar-refractivity contribution in [3.8, 4) is 11.1 Å². The Kier molecular flexibility index (Phi) is 2.76. The molecule has 0 aliphatic heterocycles. The van der Waals surface area contributed by atoms with Crippen LogP contribution in [-0.4, -0.2) is 11.1 Å². The molecule has 0 atom stereocenters. The highest BCUT2D eigenvalue weighted by molar-refractivity contribution is 5.90. The molecule has 0 heterocycles. The molecule has 0 bridgehead atoms. The molecule has 92 valence electrons. The first-order chi connectivity index (χ1) is 9.24. The number of benzene rings is 3. The fraction of sp³-hybridized carbons (Fsp3) is 0. The lowest BCUT2D eigenvalue weighted by molar-refractivity contribution is 0.0697. The SMILES string of the molecule is O=C(O)c1ccc(-c2ccc3ccccc3c2)cc1. The minimum Gasteiger partial charge on any atom is -0.478 e. The summed E-state index contributed by atoms with van der Waals surface area (Å²) >= 11 is 0. The molecule has 0 aliphatic carbocycles. The second-order valence-corrected chi connectivity index (χ2v) is 4.44. The predicted molar refractivity (Wildman–Crippen MR) is 76.3 cm³/mol. The van der Waals surface area contributed by atoms with Crippen LogP contribution in [0.5, 0.6) is 0 Å². The molecule has 0 aliphatic rings. The van der Waals surface area contributed by atoms with E-state index in [1.54, 1.807) is 12.1 Å². The van der Waals surface area contributed by atoms with Crippen LogP contribution in [0.2, 0.25) is 0 Å². The Bertz CT molecular complexity index is 743. The number of hydrogen-bond acceptors (Lipinski definition) is 1. The molecule has 3 aromatic carbocycles. The molecular formula is C17H12O2. The molecule has 0 spiro atoms.